The number of likely N-dealkylation sites (tertiary alicyclic amines) is 1. The van der Waals surface area contributed by atoms with Gasteiger partial charge in [-0.15, -0.1) is 0 Å². The normalized spacial score (nSPS) is 16.8. The van der Waals surface area contributed by atoms with Crippen molar-refractivity contribution in [2.24, 2.45) is 5.92 Å². The van der Waals surface area contributed by atoms with E-state index in [-0.39, 0.29) is 17.7 Å². The first-order valence-electron chi connectivity index (χ1n) is 8.92. The fraction of sp³-hybridized carbons (Fsp3) is 0.450. The van der Waals surface area contributed by atoms with Gasteiger partial charge in [-0.25, -0.2) is 4.98 Å². The van der Waals surface area contributed by atoms with E-state index in [1.807, 2.05) is 56.0 Å². The minimum Gasteiger partial charge on any atom is -0.497 e. The van der Waals surface area contributed by atoms with Crippen LogP contribution in [0.2, 0.25) is 0 Å². The minimum atomic E-state index is 0.0149. The van der Waals surface area contributed by atoms with Crippen molar-refractivity contribution in [1.29, 1.82) is 0 Å². The summed E-state index contributed by atoms with van der Waals surface area (Å²) in [4.78, 5) is 23.3. The number of ether oxygens (including phenoxy) is 2. The molecule has 1 aliphatic rings. The summed E-state index contributed by atoms with van der Waals surface area (Å²) in [5.41, 5.74) is 0.854. The van der Waals surface area contributed by atoms with Crippen LogP contribution < -0.4 is 9.47 Å². The van der Waals surface area contributed by atoms with Crippen LogP contribution in [-0.2, 0) is 4.79 Å². The molecule has 26 heavy (non-hydrogen) atoms. The Morgan fingerprint density at radius 1 is 1.19 bits per heavy atom. The first-order chi connectivity index (χ1) is 12.5. The zero-order valence-electron chi connectivity index (χ0n) is 15.7. The standard InChI is InChI=1S/C20H25N3O3/c1-13(2)20(24)23-10-9-15(12-23)19-21-14(3)11-18(22-19)26-17-7-5-16(25-4)6-8-17/h5-8,11,13,15H,9-10,12H2,1-4H3/t15-/m0/s1. The van der Waals surface area contributed by atoms with Crippen molar-refractivity contribution < 1.29 is 14.3 Å². The molecular formula is C20H25N3O3. The van der Waals surface area contributed by atoms with Crippen molar-refractivity contribution in [3.63, 3.8) is 0 Å². The number of carbonyl (C=O) groups excluding carboxylic acids is 1. The molecule has 1 aromatic carbocycles. The lowest BCUT2D eigenvalue weighted by molar-refractivity contribution is -0.133. The van der Waals surface area contributed by atoms with Gasteiger partial charge in [-0.2, -0.15) is 4.98 Å². The van der Waals surface area contributed by atoms with Crippen LogP contribution in [0.1, 0.15) is 37.7 Å². The summed E-state index contributed by atoms with van der Waals surface area (Å²) in [5.74, 6) is 3.08. The van der Waals surface area contributed by atoms with Crippen molar-refractivity contribution in [3.8, 4) is 17.4 Å². The van der Waals surface area contributed by atoms with E-state index >= 15 is 0 Å². The molecule has 1 fully saturated rings. The molecule has 138 valence electrons. The van der Waals surface area contributed by atoms with Crippen LogP contribution in [0.15, 0.2) is 30.3 Å². The van der Waals surface area contributed by atoms with Crippen molar-refractivity contribution in [1.82, 2.24) is 14.9 Å². The van der Waals surface area contributed by atoms with Crippen LogP contribution in [-0.4, -0.2) is 41.0 Å². The summed E-state index contributed by atoms with van der Waals surface area (Å²) >= 11 is 0. The molecule has 6 heteroatoms. The van der Waals surface area contributed by atoms with Gasteiger partial charge in [0.15, 0.2) is 0 Å². The van der Waals surface area contributed by atoms with Gasteiger partial charge in [-0.05, 0) is 37.6 Å². The van der Waals surface area contributed by atoms with Crippen molar-refractivity contribution in [2.75, 3.05) is 20.2 Å². The van der Waals surface area contributed by atoms with E-state index in [4.69, 9.17) is 9.47 Å². The van der Waals surface area contributed by atoms with Gasteiger partial charge in [-0.3, -0.25) is 4.79 Å². The van der Waals surface area contributed by atoms with E-state index in [9.17, 15) is 4.79 Å². The molecule has 1 aliphatic heterocycles. The number of aromatic nitrogens is 2. The molecule has 3 rings (SSSR count). The molecule has 0 unspecified atom stereocenters. The molecule has 0 spiro atoms. The van der Waals surface area contributed by atoms with Crippen molar-refractivity contribution in [2.45, 2.75) is 33.1 Å². The Morgan fingerprint density at radius 2 is 1.88 bits per heavy atom. The number of nitrogens with zero attached hydrogens (tertiary/aromatic N) is 3. The molecule has 0 radical (unpaired) electrons. The van der Waals surface area contributed by atoms with Gasteiger partial charge in [0.1, 0.15) is 17.3 Å². The van der Waals surface area contributed by atoms with Gasteiger partial charge >= 0.3 is 0 Å². The second-order valence-electron chi connectivity index (χ2n) is 6.91. The van der Waals surface area contributed by atoms with Gasteiger partial charge in [0.05, 0.1) is 7.11 Å². The molecule has 1 aromatic heterocycles. The van der Waals surface area contributed by atoms with Gasteiger partial charge in [-0.1, -0.05) is 13.8 Å². The molecule has 2 aromatic rings. The van der Waals surface area contributed by atoms with Gasteiger partial charge in [0, 0.05) is 36.7 Å². The van der Waals surface area contributed by atoms with Crippen LogP contribution >= 0.6 is 0 Å². The third kappa shape index (κ3) is 4.12. The Bertz CT molecular complexity index is 774. The maximum Gasteiger partial charge on any atom is 0.225 e. The number of rotatable bonds is 5. The second-order valence-corrected chi connectivity index (χ2v) is 6.91. The zero-order valence-corrected chi connectivity index (χ0v) is 15.7. The van der Waals surface area contributed by atoms with Gasteiger partial charge in [0.25, 0.3) is 0 Å². The van der Waals surface area contributed by atoms with Crippen molar-refractivity contribution >= 4 is 5.91 Å². The van der Waals surface area contributed by atoms with Crippen LogP contribution in [0, 0.1) is 12.8 Å². The first-order valence-corrected chi connectivity index (χ1v) is 8.92. The highest BCUT2D eigenvalue weighted by Crippen LogP contribution is 2.29. The molecule has 1 saturated heterocycles. The molecule has 0 bridgehead atoms. The largest absolute Gasteiger partial charge is 0.497 e. The number of benzene rings is 1. The number of aryl methyl sites for hydroxylation is 1. The highest BCUT2D eigenvalue weighted by atomic mass is 16.5. The number of hydrogen-bond acceptors (Lipinski definition) is 5. The smallest absolute Gasteiger partial charge is 0.225 e. The number of hydrogen-bond donors (Lipinski definition) is 0. The summed E-state index contributed by atoms with van der Waals surface area (Å²) < 4.78 is 11.0. The van der Waals surface area contributed by atoms with E-state index in [1.165, 1.54) is 0 Å². The third-order valence-corrected chi connectivity index (χ3v) is 4.49. The van der Waals surface area contributed by atoms with Crippen LogP contribution in [0.25, 0.3) is 0 Å². The Labute approximate surface area is 154 Å². The third-order valence-electron chi connectivity index (χ3n) is 4.49. The number of carbonyl (C=O) groups is 1. The molecular weight excluding hydrogens is 330 g/mol. The summed E-state index contributed by atoms with van der Waals surface area (Å²) in [6.45, 7) is 7.22. The van der Waals surface area contributed by atoms with Gasteiger partial charge < -0.3 is 14.4 Å². The van der Waals surface area contributed by atoms with Gasteiger partial charge in [0.2, 0.25) is 11.8 Å². The number of amides is 1. The van der Waals surface area contributed by atoms with Crippen LogP contribution in [0.3, 0.4) is 0 Å². The summed E-state index contributed by atoms with van der Waals surface area (Å²) in [6.07, 6.45) is 0.879. The van der Waals surface area contributed by atoms with E-state index in [2.05, 4.69) is 9.97 Å². The van der Waals surface area contributed by atoms with Crippen LogP contribution in [0.4, 0.5) is 0 Å². The quantitative estimate of drug-likeness (QED) is 0.820. The summed E-state index contributed by atoms with van der Waals surface area (Å²) in [5, 5.41) is 0. The Kier molecular flexibility index (Phi) is 5.40. The fourth-order valence-corrected chi connectivity index (χ4v) is 3.10. The lowest BCUT2D eigenvalue weighted by Gasteiger charge is -2.18. The first kappa shape index (κ1) is 18.2. The minimum absolute atomic E-state index is 0.0149. The lowest BCUT2D eigenvalue weighted by Crippen LogP contribution is -2.32. The van der Waals surface area contributed by atoms with Crippen molar-refractivity contribution in [3.05, 3.63) is 41.9 Å². The van der Waals surface area contributed by atoms with E-state index in [0.717, 1.165) is 30.2 Å². The molecule has 0 N–H and O–H groups in total. The SMILES string of the molecule is COc1ccc(Oc2cc(C)nc([C@H]3CCN(C(=O)C(C)C)C3)n2)cc1. The Balaban J connectivity index is 1.74. The predicted molar refractivity (Wildman–Crippen MR) is 98.6 cm³/mol. The topological polar surface area (TPSA) is 64.6 Å². The number of methoxy groups -OCH3 is 1. The molecule has 6 nitrogen and oxygen atoms in total. The molecule has 1 atom stereocenters. The molecule has 0 saturated carbocycles. The zero-order chi connectivity index (χ0) is 18.7. The molecule has 2 heterocycles. The monoisotopic (exact) mass is 355 g/mol. The summed E-state index contributed by atoms with van der Waals surface area (Å²) in [6, 6.07) is 9.19. The average Bonchev–Trinajstić information content (AvgIpc) is 3.11. The fourth-order valence-electron chi connectivity index (χ4n) is 3.10. The van der Waals surface area contributed by atoms with E-state index < -0.39 is 0 Å². The maximum atomic E-state index is 12.2. The summed E-state index contributed by atoms with van der Waals surface area (Å²) in [7, 11) is 1.63. The van der Waals surface area contributed by atoms with Crippen LogP contribution in [0.5, 0.6) is 17.4 Å². The molecule has 1 amide bonds. The Morgan fingerprint density at radius 3 is 2.54 bits per heavy atom. The predicted octanol–water partition coefficient (Wildman–Crippen LogP) is 3.56. The highest BCUT2D eigenvalue weighted by molar-refractivity contribution is 5.78. The second kappa shape index (κ2) is 7.72. The lowest BCUT2D eigenvalue weighted by atomic mass is 10.1. The van der Waals surface area contributed by atoms with E-state index in [1.54, 1.807) is 7.11 Å². The maximum absolute atomic E-state index is 12.2. The Hall–Kier alpha value is -2.63. The molecule has 0 aliphatic carbocycles. The average molecular weight is 355 g/mol. The van der Waals surface area contributed by atoms with E-state index in [0.29, 0.717) is 18.2 Å². The highest BCUT2D eigenvalue weighted by Gasteiger charge is 2.30.